The van der Waals surface area contributed by atoms with Crippen LogP contribution in [0.25, 0.3) is 10.8 Å². The van der Waals surface area contributed by atoms with E-state index in [2.05, 4.69) is 59.9 Å². The molecule has 0 saturated carbocycles. The van der Waals surface area contributed by atoms with Crippen molar-refractivity contribution in [2.24, 2.45) is 0 Å². The molecule has 2 N–H and O–H groups in total. The van der Waals surface area contributed by atoms with Crippen molar-refractivity contribution in [3.05, 3.63) is 108 Å². The zero-order valence-electron chi connectivity index (χ0n) is 21.7. The van der Waals surface area contributed by atoms with Gasteiger partial charge in [-0.2, -0.15) is 0 Å². The summed E-state index contributed by atoms with van der Waals surface area (Å²) in [6, 6.07) is 30.9. The van der Waals surface area contributed by atoms with Gasteiger partial charge >= 0.3 is 5.97 Å². The lowest BCUT2D eigenvalue weighted by atomic mass is 9.84. The van der Waals surface area contributed by atoms with Gasteiger partial charge in [0.1, 0.15) is 17.6 Å². The summed E-state index contributed by atoms with van der Waals surface area (Å²) in [6.45, 7) is 4.74. The van der Waals surface area contributed by atoms with Crippen LogP contribution in [0.2, 0.25) is 0 Å². The molecule has 0 saturated heterocycles. The van der Waals surface area contributed by atoms with Crippen molar-refractivity contribution < 1.29 is 19.4 Å². The summed E-state index contributed by atoms with van der Waals surface area (Å²) in [4.78, 5) is 11.6. The van der Waals surface area contributed by atoms with Gasteiger partial charge in [0.05, 0.1) is 0 Å². The van der Waals surface area contributed by atoms with Crippen molar-refractivity contribution in [2.45, 2.75) is 44.3 Å². The number of carboxylic acids is 1. The van der Waals surface area contributed by atoms with Gasteiger partial charge in [-0.05, 0) is 73.3 Å². The zero-order chi connectivity index (χ0) is 25.8. The predicted molar refractivity (Wildman–Crippen MR) is 154 cm³/mol. The first kappa shape index (κ1) is 27.5. The zero-order valence-corrected chi connectivity index (χ0v) is 22.5. The van der Waals surface area contributed by atoms with Crippen LogP contribution in [-0.4, -0.2) is 35.9 Å². The van der Waals surface area contributed by atoms with Crippen molar-refractivity contribution in [3.8, 4) is 11.5 Å². The van der Waals surface area contributed by atoms with Gasteiger partial charge in [-0.15, -0.1) is 12.4 Å². The molecular weight excluding hydrogens is 498 g/mol. The highest BCUT2D eigenvalue weighted by atomic mass is 35.5. The molecule has 0 unspecified atom stereocenters. The van der Waals surface area contributed by atoms with Gasteiger partial charge in [0.25, 0.3) is 0 Å². The Bertz CT molecular complexity index is 1400. The van der Waals surface area contributed by atoms with Gasteiger partial charge in [0.2, 0.25) is 0 Å². The molecule has 5 rings (SSSR count). The Kier molecular flexibility index (Phi) is 8.60. The van der Waals surface area contributed by atoms with Crippen LogP contribution < -0.4 is 14.8 Å². The summed E-state index contributed by atoms with van der Waals surface area (Å²) in [5, 5.41) is 15.7. The Morgan fingerprint density at radius 1 is 1.00 bits per heavy atom. The van der Waals surface area contributed by atoms with Crippen LogP contribution in [0.1, 0.15) is 42.9 Å². The number of carboxylic acid groups (broad SMARTS) is 1. The fraction of sp³-hybridized carbons (Fsp3) is 0.281. The van der Waals surface area contributed by atoms with E-state index in [-0.39, 0.29) is 24.4 Å². The third kappa shape index (κ3) is 6.12. The van der Waals surface area contributed by atoms with E-state index in [0.29, 0.717) is 5.75 Å². The van der Waals surface area contributed by atoms with Crippen LogP contribution in [0.5, 0.6) is 11.5 Å². The van der Waals surface area contributed by atoms with E-state index < -0.39 is 11.6 Å². The van der Waals surface area contributed by atoms with Gasteiger partial charge < -0.3 is 19.9 Å². The second-order valence-electron chi connectivity index (χ2n) is 10.1. The van der Waals surface area contributed by atoms with Gasteiger partial charge in [-0.3, -0.25) is 0 Å². The summed E-state index contributed by atoms with van der Waals surface area (Å²) in [6.07, 6.45) is 1.80. The molecule has 0 aromatic heterocycles. The topological polar surface area (TPSA) is 67.8 Å². The average Bonchev–Trinajstić information content (AvgIpc) is 2.90. The molecule has 198 valence electrons. The molecule has 1 heterocycles. The first-order chi connectivity index (χ1) is 17.9. The van der Waals surface area contributed by atoms with Gasteiger partial charge in [-0.25, -0.2) is 4.79 Å². The minimum Gasteiger partial charge on any atom is -0.489 e. The highest BCUT2D eigenvalue weighted by molar-refractivity contribution is 5.86. The van der Waals surface area contributed by atoms with E-state index in [9.17, 15) is 9.90 Å². The molecule has 0 spiro atoms. The molecule has 0 radical (unpaired) electrons. The number of ether oxygens (including phenoxy) is 2. The number of carbonyl (C=O) groups is 1. The van der Waals surface area contributed by atoms with E-state index in [4.69, 9.17) is 9.47 Å². The maximum Gasteiger partial charge on any atom is 0.347 e. The predicted octanol–water partition coefficient (Wildman–Crippen LogP) is 6.62. The highest BCUT2D eigenvalue weighted by Gasteiger charge is 2.31. The minimum absolute atomic E-state index is 0. The highest BCUT2D eigenvalue weighted by Crippen LogP contribution is 2.41. The number of benzene rings is 4. The molecule has 0 fully saturated rings. The first-order valence-electron chi connectivity index (χ1n) is 12.9. The average molecular weight is 532 g/mol. The second-order valence-corrected chi connectivity index (χ2v) is 10.1. The van der Waals surface area contributed by atoms with Crippen molar-refractivity contribution in [3.63, 3.8) is 0 Å². The summed E-state index contributed by atoms with van der Waals surface area (Å²) in [5.41, 5.74) is 2.28. The molecule has 5 nitrogen and oxygen atoms in total. The number of para-hydroxylation sites is 1. The normalized spacial score (nSPS) is 16.7. The lowest BCUT2D eigenvalue weighted by molar-refractivity contribution is -0.152. The van der Waals surface area contributed by atoms with Gasteiger partial charge in [0, 0.05) is 18.0 Å². The molecule has 0 bridgehead atoms. The summed E-state index contributed by atoms with van der Waals surface area (Å²) < 4.78 is 12.2. The molecule has 4 aromatic carbocycles. The molecule has 1 aliphatic heterocycles. The van der Waals surface area contributed by atoms with Gasteiger partial charge in [-0.1, -0.05) is 72.8 Å². The van der Waals surface area contributed by atoms with Crippen molar-refractivity contribution in [1.82, 2.24) is 5.32 Å². The number of halogens is 1. The molecule has 2 atom stereocenters. The first-order valence-corrected chi connectivity index (χ1v) is 12.9. The van der Waals surface area contributed by atoms with Crippen LogP contribution in [0, 0.1) is 0 Å². The Morgan fingerprint density at radius 2 is 1.74 bits per heavy atom. The maximum absolute atomic E-state index is 11.6. The number of fused-ring (bicyclic) bond motifs is 2. The Morgan fingerprint density at radius 3 is 2.58 bits per heavy atom. The SMILES string of the molecule is CC(C)(Oc1cccc([C@@H]2C[C@H](CNCCc3cccc4ccccc34)Oc3ccccc32)c1)C(=O)O.Cl. The van der Waals surface area contributed by atoms with E-state index in [0.717, 1.165) is 42.8 Å². The monoisotopic (exact) mass is 531 g/mol. The van der Waals surface area contributed by atoms with Crippen LogP contribution in [0.3, 0.4) is 0 Å². The Labute approximate surface area is 230 Å². The molecule has 6 heteroatoms. The lowest BCUT2D eigenvalue weighted by Gasteiger charge is -2.33. The van der Waals surface area contributed by atoms with E-state index in [1.807, 2.05) is 36.4 Å². The Balaban J connectivity index is 0.00000336. The number of rotatable bonds is 9. The number of aliphatic carboxylic acids is 1. The van der Waals surface area contributed by atoms with Gasteiger partial charge in [0.15, 0.2) is 5.60 Å². The molecule has 4 aromatic rings. The van der Waals surface area contributed by atoms with E-state index >= 15 is 0 Å². The summed E-state index contributed by atoms with van der Waals surface area (Å²) in [7, 11) is 0. The number of hydrogen-bond donors (Lipinski definition) is 2. The van der Waals surface area contributed by atoms with Crippen molar-refractivity contribution >= 4 is 29.1 Å². The lowest BCUT2D eigenvalue weighted by Crippen LogP contribution is -2.38. The molecular formula is C32H34ClNO4. The fourth-order valence-corrected chi connectivity index (χ4v) is 5.06. The fourth-order valence-electron chi connectivity index (χ4n) is 5.06. The molecule has 1 aliphatic rings. The standard InChI is InChI=1S/C32H33NO4.ClH/c1-32(2,31(34)35)37-25-13-8-12-24(19-25)29-20-26(36-30-16-6-5-15-28(29)30)21-33-18-17-23-11-7-10-22-9-3-4-14-27(22)23;/h3-16,19,26,29,33H,17-18,20-21H2,1-2H3,(H,34,35);1H/t26-,29+;/m1./s1. The van der Waals surface area contributed by atoms with E-state index in [1.165, 1.54) is 16.3 Å². The van der Waals surface area contributed by atoms with Crippen LogP contribution >= 0.6 is 12.4 Å². The van der Waals surface area contributed by atoms with Crippen LogP contribution in [0.4, 0.5) is 0 Å². The van der Waals surface area contributed by atoms with Crippen LogP contribution in [0.15, 0.2) is 91.0 Å². The molecule has 0 aliphatic carbocycles. The maximum atomic E-state index is 11.6. The largest absolute Gasteiger partial charge is 0.489 e. The summed E-state index contributed by atoms with van der Waals surface area (Å²) >= 11 is 0. The third-order valence-corrected chi connectivity index (χ3v) is 7.06. The third-order valence-electron chi connectivity index (χ3n) is 7.06. The minimum atomic E-state index is -1.30. The second kappa shape index (κ2) is 11.9. The van der Waals surface area contributed by atoms with Crippen molar-refractivity contribution in [2.75, 3.05) is 13.1 Å². The molecule has 38 heavy (non-hydrogen) atoms. The summed E-state index contributed by atoms with van der Waals surface area (Å²) in [5.74, 6) is 0.589. The quantitative estimate of drug-likeness (QED) is 0.238. The number of hydrogen-bond acceptors (Lipinski definition) is 4. The van der Waals surface area contributed by atoms with Crippen molar-refractivity contribution in [1.29, 1.82) is 0 Å². The van der Waals surface area contributed by atoms with Crippen LogP contribution in [-0.2, 0) is 11.2 Å². The smallest absolute Gasteiger partial charge is 0.347 e. The molecule has 0 amide bonds. The van der Waals surface area contributed by atoms with E-state index in [1.54, 1.807) is 13.8 Å². The number of nitrogens with one attached hydrogen (secondary N) is 1. The Hall–Kier alpha value is -3.54.